The fraction of sp³-hybridized carbons (Fsp3) is 0.278. The van der Waals surface area contributed by atoms with Crippen LogP contribution in [0.1, 0.15) is 29.3 Å². The average molecular weight is 352 g/mol. The Morgan fingerprint density at radius 2 is 1.87 bits per heavy atom. The summed E-state index contributed by atoms with van der Waals surface area (Å²) in [6.07, 6.45) is 0.724. The summed E-state index contributed by atoms with van der Waals surface area (Å²) >= 11 is 11.9. The van der Waals surface area contributed by atoms with Gasteiger partial charge in [0.05, 0.1) is 17.1 Å². The molecule has 0 aromatic heterocycles. The number of carbonyl (C=O) groups is 1. The predicted molar refractivity (Wildman–Crippen MR) is 94.2 cm³/mol. The number of benzene rings is 2. The van der Waals surface area contributed by atoms with Gasteiger partial charge >= 0.3 is 0 Å². The van der Waals surface area contributed by atoms with Gasteiger partial charge < -0.3 is 10.1 Å². The van der Waals surface area contributed by atoms with Gasteiger partial charge in [-0.1, -0.05) is 60.5 Å². The largest absolute Gasteiger partial charge is 0.372 e. The number of carbonyl (C=O) groups excluding carboxylic acids is 1. The lowest BCUT2D eigenvalue weighted by Crippen LogP contribution is -2.42. The minimum Gasteiger partial charge on any atom is -0.372 e. The predicted octanol–water partition coefficient (Wildman–Crippen LogP) is 4.68. The van der Waals surface area contributed by atoms with Crippen LogP contribution in [0.2, 0.25) is 10.0 Å². The van der Waals surface area contributed by atoms with Crippen molar-refractivity contribution >= 4 is 29.1 Å². The molecule has 0 aliphatic rings. The first-order valence-electron chi connectivity index (χ1n) is 7.36. The number of halogens is 2. The zero-order valence-corrected chi connectivity index (χ0v) is 14.6. The molecule has 0 saturated heterocycles. The molecule has 1 N–H and O–H groups in total. The molecule has 122 valence electrons. The van der Waals surface area contributed by atoms with Crippen molar-refractivity contribution in [3.8, 4) is 0 Å². The number of hydrogen-bond donors (Lipinski definition) is 1. The first-order valence-corrected chi connectivity index (χ1v) is 8.12. The van der Waals surface area contributed by atoms with Gasteiger partial charge in [0.15, 0.2) is 0 Å². The molecule has 2 aromatic carbocycles. The lowest BCUT2D eigenvalue weighted by Gasteiger charge is -2.32. The molecule has 0 aliphatic carbocycles. The van der Waals surface area contributed by atoms with Crippen LogP contribution in [0, 0.1) is 0 Å². The molecular formula is C18H19Cl2NO2. The van der Waals surface area contributed by atoms with Crippen LogP contribution < -0.4 is 5.32 Å². The Kier molecular flexibility index (Phi) is 6.05. The van der Waals surface area contributed by atoms with Crippen LogP contribution in [-0.4, -0.2) is 19.6 Å². The van der Waals surface area contributed by atoms with Crippen molar-refractivity contribution in [3.05, 3.63) is 69.7 Å². The second-order valence-electron chi connectivity index (χ2n) is 5.22. The lowest BCUT2D eigenvalue weighted by atomic mass is 9.90. The van der Waals surface area contributed by atoms with E-state index in [1.165, 1.54) is 0 Å². The molecule has 0 heterocycles. The summed E-state index contributed by atoms with van der Waals surface area (Å²) < 4.78 is 5.74. The monoisotopic (exact) mass is 351 g/mol. The highest BCUT2D eigenvalue weighted by atomic mass is 35.5. The van der Waals surface area contributed by atoms with Crippen LogP contribution in [0.5, 0.6) is 0 Å². The van der Waals surface area contributed by atoms with E-state index >= 15 is 0 Å². The number of hydrogen-bond acceptors (Lipinski definition) is 2. The smallest absolute Gasteiger partial charge is 0.252 e. The second kappa shape index (κ2) is 7.82. The zero-order chi connectivity index (χ0) is 16.9. The summed E-state index contributed by atoms with van der Waals surface area (Å²) in [5, 5.41) is 3.73. The third-order valence-corrected chi connectivity index (χ3v) is 4.52. The van der Waals surface area contributed by atoms with Crippen LogP contribution in [0.15, 0.2) is 48.5 Å². The average Bonchev–Trinajstić information content (AvgIpc) is 2.57. The van der Waals surface area contributed by atoms with Crippen molar-refractivity contribution in [3.63, 3.8) is 0 Å². The molecule has 0 aliphatic heterocycles. The van der Waals surface area contributed by atoms with E-state index in [1.54, 1.807) is 25.3 Å². The molecule has 0 radical (unpaired) electrons. The van der Waals surface area contributed by atoms with E-state index in [0.717, 1.165) is 12.0 Å². The Morgan fingerprint density at radius 1 is 1.17 bits per heavy atom. The maximum absolute atomic E-state index is 12.4. The topological polar surface area (TPSA) is 38.3 Å². The minimum absolute atomic E-state index is 0.252. The molecule has 23 heavy (non-hydrogen) atoms. The molecule has 2 rings (SSSR count). The van der Waals surface area contributed by atoms with Crippen LogP contribution in [0.25, 0.3) is 0 Å². The Balaban J connectivity index is 2.17. The quantitative estimate of drug-likeness (QED) is 0.820. The van der Waals surface area contributed by atoms with E-state index in [9.17, 15) is 4.79 Å². The van der Waals surface area contributed by atoms with Gasteiger partial charge in [0.2, 0.25) is 0 Å². The minimum atomic E-state index is -0.574. The molecule has 5 heteroatoms. The van der Waals surface area contributed by atoms with Crippen molar-refractivity contribution < 1.29 is 9.53 Å². The number of ether oxygens (including phenoxy) is 1. The molecule has 3 nitrogen and oxygen atoms in total. The highest BCUT2D eigenvalue weighted by molar-refractivity contribution is 6.36. The van der Waals surface area contributed by atoms with E-state index in [4.69, 9.17) is 27.9 Å². The summed E-state index contributed by atoms with van der Waals surface area (Å²) in [6, 6.07) is 14.7. The van der Waals surface area contributed by atoms with Crippen LogP contribution in [0.4, 0.5) is 0 Å². The Labute approximate surface area is 146 Å². The van der Waals surface area contributed by atoms with Crippen molar-refractivity contribution in [1.82, 2.24) is 5.32 Å². The van der Waals surface area contributed by atoms with Gasteiger partial charge in [0.25, 0.3) is 5.91 Å². The normalized spacial score (nSPS) is 13.4. The zero-order valence-electron chi connectivity index (χ0n) is 13.1. The van der Waals surface area contributed by atoms with Gasteiger partial charge in [0.1, 0.15) is 5.60 Å². The molecular weight excluding hydrogens is 333 g/mol. The molecule has 1 unspecified atom stereocenters. The van der Waals surface area contributed by atoms with Gasteiger partial charge in [-0.2, -0.15) is 0 Å². The number of nitrogens with one attached hydrogen (secondary N) is 1. The Morgan fingerprint density at radius 3 is 2.43 bits per heavy atom. The van der Waals surface area contributed by atoms with E-state index < -0.39 is 5.60 Å². The Hall–Kier alpha value is -1.55. The van der Waals surface area contributed by atoms with E-state index in [1.807, 2.05) is 37.3 Å². The highest BCUT2D eigenvalue weighted by Gasteiger charge is 2.30. The number of amides is 1. The van der Waals surface area contributed by atoms with E-state index in [2.05, 4.69) is 5.32 Å². The van der Waals surface area contributed by atoms with Gasteiger partial charge in [-0.05, 0) is 30.2 Å². The molecule has 0 spiro atoms. The SMILES string of the molecule is CCC(CNC(=O)c1ccc(Cl)cc1Cl)(OC)c1ccccc1. The summed E-state index contributed by atoms with van der Waals surface area (Å²) in [5.74, 6) is -0.252. The maximum atomic E-state index is 12.4. The van der Waals surface area contributed by atoms with Gasteiger partial charge in [-0.25, -0.2) is 0 Å². The second-order valence-corrected chi connectivity index (χ2v) is 6.07. The molecule has 0 bridgehead atoms. The molecule has 0 fully saturated rings. The summed E-state index contributed by atoms with van der Waals surface area (Å²) in [7, 11) is 1.65. The van der Waals surface area contributed by atoms with Crippen molar-refractivity contribution in [2.24, 2.45) is 0 Å². The van der Waals surface area contributed by atoms with E-state index in [-0.39, 0.29) is 5.91 Å². The summed E-state index contributed by atoms with van der Waals surface area (Å²) in [4.78, 5) is 12.4. The van der Waals surface area contributed by atoms with Crippen LogP contribution >= 0.6 is 23.2 Å². The fourth-order valence-corrected chi connectivity index (χ4v) is 2.99. The molecule has 2 aromatic rings. The molecule has 1 atom stereocenters. The maximum Gasteiger partial charge on any atom is 0.252 e. The van der Waals surface area contributed by atoms with Crippen molar-refractivity contribution in [2.75, 3.05) is 13.7 Å². The molecule has 0 saturated carbocycles. The number of rotatable bonds is 6. The van der Waals surface area contributed by atoms with Crippen molar-refractivity contribution in [2.45, 2.75) is 18.9 Å². The van der Waals surface area contributed by atoms with Gasteiger partial charge in [0, 0.05) is 12.1 Å². The van der Waals surface area contributed by atoms with E-state index in [0.29, 0.717) is 22.2 Å². The third kappa shape index (κ3) is 4.05. The van der Waals surface area contributed by atoms with Crippen LogP contribution in [0.3, 0.4) is 0 Å². The summed E-state index contributed by atoms with van der Waals surface area (Å²) in [5.41, 5.74) is 0.841. The fourth-order valence-electron chi connectivity index (χ4n) is 2.50. The highest BCUT2D eigenvalue weighted by Crippen LogP contribution is 2.28. The first-order chi connectivity index (χ1) is 11.0. The van der Waals surface area contributed by atoms with Crippen LogP contribution in [-0.2, 0) is 10.3 Å². The van der Waals surface area contributed by atoms with Gasteiger partial charge in [-0.15, -0.1) is 0 Å². The van der Waals surface area contributed by atoms with Crippen molar-refractivity contribution in [1.29, 1.82) is 0 Å². The Bertz CT molecular complexity index is 670. The standard InChI is InChI=1S/C18H19Cl2NO2/c1-3-18(23-2,13-7-5-4-6-8-13)12-21-17(22)15-10-9-14(19)11-16(15)20/h4-11H,3,12H2,1-2H3,(H,21,22). The first kappa shape index (κ1) is 17.8. The summed E-state index contributed by atoms with van der Waals surface area (Å²) in [6.45, 7) is 2.37. The van der Waals surface area contributed by atoms with Gasteiger partial charge in [-0.3, -0.25) is 4.79 Å². The number of methoxy groups -OCH3 is 1. The molecule has 1 amide bonds. The lowest BCUT2D eigenvalue weighted by molar-refractivity contribution is -0.0164. The third-order valence-electron chi connectivity index (χ3n) is 3.97.